The SMILES string of the molecule is C[C@@H](CI=CCC/C=C/C=O)OC(=O)c1ccc(O)cc1O. The van der Waals surface area contributed by atoms with Crippen molar-refractivity contribution in [2.24, 2.45) is 0 Å². The van der Waals surface area contributed by atoms with Crippen LogP contribution < -0.4 is 0 Å². The summed E-state index contributed by atoms with van der Waals surface area (Å²) in [4.78, 5) is 22.0. The number of carbonyl (C=O) groups is 2. The average Bonchev–Trinajstić information content (AvgIpc) is 2.46. The van der Waals surface area contributed by atoms with Crippen LogP contribution in [0.2, 0.25) is 0 Å². The lowest BCUT2D eigenvalue weighted by atomic mass is 10.2. The van der Waals surface area contributed by atoms with Gasteiger partial charge >= 0.3 is 5.97 Å². The summed E-state index contributed by atoms with van der Waals surface area (Å²) < 4.78 is 8.25. The summed E-state index contributed by atoms with van der Waals surface area (Å²) in [5, 5.41) is 18.8. The lowest BCUT2D eigenvalue weighted by Gasteiger charge is -2.11. The average molecular weight is 418 g/mol. The normalized spacial score (nSPS) is 13.0. The Labute approximate surface area is 139 Å². The van der Waals surface area contributed by atoms with Crippen molar-refractivity contribution in [3.63, 3.8) is 0 Å². The van der Waals surface area contributed by atoms with E-state index in [0.29, 0.717) is 0 Å². The van der Waals surface area contributed by atoms with Crippen LogP contribution >= 0.6 is 20.7 Å². The molecule has 1 aromatic rings. The summed E-state index contributed by atoms with van der Waals surface area (Å²) in [5.74, 6) is -0.991. The van der Waals surface area contributed by atoms with Crippen LogP contribution in [-0.4, -0.2) is 37.0 Å². The molecule has 0 radical (unpaired) electrons. The second-order valence-corrected chi connectivity index (χ2v) is 7.16. The third-order valence-electron chi connectivity index (χ3n) is 2.58. The van der Waals surface area contributed by atoms with Crippen molar-refractivity contribution < 1.29 is 24.5 Å². The smallest absolute Gasteiger partial charge is 0.342 e. The predicted molar refractivity (Wildman–Crippen MR) is 94.0 cm³/mol. The fourth-order valence-corrected chi connectivity index (χ4v) is 3.60. The van der Waals surface area contributed by atoms with Crippen molar-refractivity contribution in [1.82, 2.24) is 0 Å². The van der Waals surface area contributed by atoms with Gasteiger partial charge in [-0.1, -0.05) is 10.1 Å². The molecule has 0 fully saturated rings. The Kier molecular flexibility index (Phi) is 8.42. The third-order valence-corrected chi connectivity index (χ3v) is 5.58. The Hall–Kier alpha value is -1.70. The van der Waals surface area contributed by atoms with Gasteiger partial charge in [-0.2, -0.15) is 0 Å². The third kappa shape index (κ3) is 6.84. The van der Waals surface area contributed by atoms with Gasteiger partial charge in [0.25, 0.3) is 0 Å². The molecule has 1 rings (SSSR count). The molecule has 2 N–H and O–H groups in total. The lowest BCUT2D eigenvalue weighted by molar-refractivity contribution is -0.104. The van der Waals surface area contributed by atoms with Gasteiger partial charge in [-0.05, 0) is 38.0 Å². The first kappa shape index (κ1) is 18.3. The highest BCUT2D eigenvalue weighted by Gasteiger charge is 2.15. The van der Waals surface area contributed by atoms with Crippen molar-refractivity contribution >= 4 is 37.0 Å². The molecule has 0 saturated carbocycles. The zero-order chi connectivity index (χ0) is 16.4. The van der Waals surface area contributed by atoms with Crippen molar-refractivity contribution in [3.8, 4) is 11.5 Å². The summed E-state index contributed by atoms with van der Waals surface area (Å²) in [5.41, 5.74) is 0.0471. The van der Waals surface area contributed by atoms with Crippen LogP contribution in [0.1, 0.15) is 30.1 Å². The molecular formula is C16H19IO5. The van der Waals surface area contributed by atoms with Gasteiger partial charge in [-0.25, -0.2) is 4.79 Å². The number of benzene rings is 1. The number of alkyl halides is 1. The zero-order valence-electron chi connectivity index (χ0n) is 12.2. The minimum Gasteiger partial charge on any atom is -0.508 e. The Bertz CT molecular complexity index is 566. The van der Waals surface area contributed by atoms with Crippen LogP contribution in [-0.2, 0) is 9.53 Å². The maximum atomic E-state index is 11.9. The Morgan fingerprint density at radius 2 is 2.14 bits per heavy atom. The maximum Gasteiger partial charge on any atom is 0.342 e. The summed E-state index contributed by atoms with van der Waals surface area (Å²) >= 11 is -0.180. The lowest BCUT2D eigenvalue weighted by Crippen LogP contribution is -2.16. The zero-order valence-corrected chi connectivity index (χ0v) is 14.4. The number of allylic oxidation sites excluding steroid dienone is 2. The van der Waals surface area contributed by atoms with E-state index in [-0.39, 0.29) is 43.9 Å². The number of unbranched alkanes of at least 4 members (excludes halogenated alkanes) is 1. The quantitative estimate of drug-likeness (QED) is 0.169. The number of rotatable bonds is 8. The molecule has 1 atom stereocenters. The van der Waals surface area contributed by atoms with E-state index in [1.54, 1.807) is 0 Å². The summed E-state index contributed by atoms with van der Waals surface area (Å²) in [6, 6.07) is 3.77. The first-order valence-corrected chi connectivity index (χ1v) is 9.54. The van der Waals surface area contributed by atoms with Crippen molar-refractivity contribution in [2.45, 2.75) is 25.9 Å². The fourth-order valence-electron chi connectivity index (χ4n) is 1.55. The molecule has 0 aliphatic heterocycles. The van der Waals surface area contributed by atoms with Crippen LogP contribution in [0.3, 0.4) is 0 Å². The first-order valence-electron chi connectivity index (χ1n) is 6.77. The molecule has 120 valence electrons. The second-order valence-electron chi connectivity index (χ2n) is 4.52. The molecule has 0 unspecified atom stereocenters. The molecule has 22 heavy (non-hydrogen) atoms. The standard InChI is InChI=1S/C16H19IO5/c1-12(11-17-8-4-2-3-5-9-18)22-16(21)14-7-6-13(19)10-15(14)20/h3,5-10,12,19-20H,2,4,11H2,1H3/b5-3+/t12-/m0/s1. The minimum absolute atomic E-state index is 0.0471. The summed E-state index contributed by atoms with van der Waals surface area (Å²) in [6.45, 7) is 1.81. The molecule has 0 bridgehead atoms. The minimum atomic E-state index is -0.595. The van der Waals surface area contributed by atoms with E-state index in [1.165, 1.54) is 18.2 Å². The molecule has 0 heterocycles. The van der Waals surface area contributed by atoms with Gasteiger partial charge < -0.3 is 14.9 Å². The molecule has 0 aliphatic carbocycles. The van der Waals surface area contributed by atoms with Gasteiger partial charge in [0.15, 0.2) is 0 Å². The van der Waals surface area contributed by atoms with Crippen molar-refractivity contribution in [1.29, 1.82) is 0 Å². The summed E-state index contributed by atoms with van der Waals surface area (Å²) in [6.07, 6.45) is 5.60. The first-order chi connectivity index (χ1) is 10.5. The number of halogens is 1. The van der Waals surface area contributed by atoms with Crippen LogP contribution in [0.5, 0.6) is 11.5 Å². The van der Waals surface area contributed by atoms with Crippen LogP contribution in [0.4, 0.5) is 0 Å². The predicted octanol–water partition coefficient (Wildman–Crippen LogP) is 2.95. The molecule has 6 heteroatoms. The molecule has 0 spiro atoms. The van der Waals surface area contributed by atoms with Gasteiger partial charge in [0.05, 0.1) is 0 Å². The number of phenols is 2. The topological polar surface area (TPSA) is 83.8 Å². The van der Waals surface area contributed by atoms with E-state index in [4.69, 9.17) is 4.74 Å². The molecule has 1 aromatic carbocycles. The summed E-state index contributed by atoms with van der Waals surface area (Å²) in [7, 11) is 0. The van der Waals surface area contributed by atoms with E-state index in [1.807, 2.05) is 13.0 Å². The molecule has 0 aromatic heterocycles. The van der Waals surface area contributed by atoms with Gasteiger partial charge in [-0.15, -0.1) is 20.7 Å². The molecular weight excluding hydrogens is 399 g/mol. The number of ether oxygens (including phenoxy) is 1. The highest BCUT2D eigenvalue weighted by Crippen LogP contribution is 2.23. The van der Waals surface area contributed by atoms with E-state index in [0.717, 1.165) is 29.6 Å². The van der Waals surface area contributed by atoms with E-state index < -0.39 is 5.97 Å². The number of phenolic OH excluding ortho intramolecular Hbond substituents is 2. The van der Waals surface area contributed by atoms with Gasteiger partial charge in [0, 0.05) is 10.5 Å². The van der Waals surface area contributed by atoms with E-state index in [2.05, 4.69) is 4.01 Å². The van der Waals surface area contributed by atoms with E-state index in [9.17, 15) is 19.8 Å². The second kappa shape index (κ2) is 10.1. The van der Waals surface area contributed by atoms with Crippen LogP contribution in [0.25, 0.3) is 0 Å². The van der Waals surface area contributed by atoms with Gasteiger partial charge in [0.1, 0.15) is 29.5 Å². The highest BCUT2D eigenvalue weighted by atomic mass is 127. The van der Waals surface area contributed by atoms with Crippen molar-refractivity contribution in [3.05, 3.63) is 35.9 Å². The number of carbonyl (C=O) groups excluding carboxylic acids is 2. The fraction of sp³-hybridized carbons (Fsp3) is 0.312. The highest BCUT2D eigenvalue weighted by molar-refractivity contribution is 14.2. The Morgan fingerprint density at radius 1 is 1.36 bits per heavy atom. The number of esters is 1. The number of aromatic hydroxyl groups is 2. The maximum absolute atomic E-state index is 11.9. The van der Waals surface area contributed by atoms with Crippen LogP contribution in [0.15, 0.2) is 30.4 Å². The molecule has 0 amide bonds. The molecule has 0 aliphatic rings. The largest absolute Gasteiger partial charge is 0.508 e. The van der Waals surface area contributed by atoms with Gasteiger partial charge in [0.2, 0.25) is 0 Å². The number of hydrogen-bond donors (Lipinski definition) is 2. The van der Waals surface area contributed by atoms with E-state index >= 15 is 0 Å². The van der Waals surface area contributed by atoms with Crippen LogP contribution in [0, 0.1) is 0 Å². The monoisotopic (exact) mass is 418 g/mol. The number of hydrogen-bond acceptors (Lipinski definition) is 5. The Balaban J connectivity index is 2.39. The molecule has 5 nitrogen and oxygen atoms in total. The molecule has 0 saturated heterocycles. The van der Waals surface area contributed by atoms with Gasteiger partial charge in [-0.3, -0.25) is 4.79 Å². The Morgan fingerprint density at radius 3 is 2.82 bits per heavy atom. The number of aldehydes is 1. The van der Waals surface area contributed by atoms with Crippen molar-refractivity contribution in [2.75, 3.05) is 4.43 Å².